The van der Waals surface area contributed by atoms with E-state index in [9.17, 15) is 14.4 Å². The van der Waals surface area contributed by atoms with Gasteiger partial charge in [0, 0.05) is 21.8 Å². The molecule has 3 amide bonds. The van der Waals surface area contributed by atoms with Gasteiger partial charge in [-0.2, -0.15) is 0 Å². The summed E-state index contributed by atoms with van der Waals surface area (Å²) in [4.78, 5) is 40.0. The van der Waals surface area contributed by atoms with Crippen molar-refractivity contribution >= 4 is 46.9 Å². The number of rotatable bonds is 11. The molecule has 0 aliphatic rings. The summed E-state index contributed by atoms with van der Waals surface area (Å²) < 4.78 is 5.16. The number of nitrogens with one attached hydrogen (secondary N) is 3. The van der Waals surface area contributed by atoms with E-state index in [0.717, 1.165) is 10.5 Å². The Morgan fingerprint density at radius 2 is 1.47 bits per heavy atom. The fourth-order valence-corrected chi connectivity index (χ4v) is 5.03. The first-order chi connectivity index (χ1) is 20.7. The smallest absolute Gasteiger partial charge is 0.272 e. The second-order valence-corrected chi connectivity index (χ2v) is 11.6. The van der Waals surface area contributed by atoms with Crippen LogP contribution in [0.1, 0.15) is 48.2 Å². The van der Waals surface area contributed by atoms with Crippen LogP contribution in [0.2, 0.25) is 0 Å². The van der Waals surface area contributed by atoms with E-state index in [0.29, 0.717) is 28.6 Å². The number of amides is 3. The molecule has 8 heteroatoms. The molecule has 0 radical (unpaired) electrons. The van der Waals surface area contributed by atoms with Gasteiger partial charge >= 0.3 is 0 Å². The summed E-state index contributed by atoms with van der Waals surface area (Å²) in [6.45, 7) is 6.05. The number of hydrogen-bond acceptors (Lipinski definition) is 5. The molecule has 4 rings (SSSR count). The highest BCUT2D eigenvalue weighted by molar-refractivity contribution is 8.00. The molecular formula is C35H35N3O4S. The molecule has 1 atom stereocenters. The summed E-state index contributed by atoms with van der Waals surface area (Å²) in [5.41, 5.74) is 3.72. The van der Waals surface area contributed by atoms with Crippen molar-refractivity contribution in [1.82, 2.24) is 5.32 Å². The average molecular weight is 594 g/mol. The van der Waals surface area contributed by atoms with Crippen LogP contribution in [-0.4, -0.2) is 30.1 Å². The lowest BCUT2D eigenvalue weighted by Gasteiger charge is -2.14. The van der Waals surface area contributed by atoms with Crippen molar-refractivity contribution in [2.75, 3.05) is 17.7 Å². The number of ether oxygens (including phenoxy) is 1. The van der Waals surface area contributed by atoms with Gasteiger partial charge in [0.15, 0.2) is 0 Å². The highest BCUT2D eigenvalue weighted by Gasteiger charge is 2.17. The van der Waals surface area contributed by atoms with Crippen LogP contribution in [0.3, 0.4) is 0 Å². The Morgan fingerprint density at radius 3 is 2.12 bits per heavy atom. The van der Waals surface area contributed by atoms with Crippen molar-refractivity contribution < 1.29 is 19.1 Å². The number of anilines is 2. The highest BCUT2D eigenvalue weighted by atomic mass is 32.2. The van der Waals surface area contributed by atoms with Crippen LogP contribution in [0.4, 0.5) is 11.4 Å². The summed E-state index contributed by atoms with van der Waals surface area (Å²) >= 11 is 1.37. The van der Waals surface area contributed by atoms with E-state index in [1.807, 2.05) is 49.4 Å². The topological polar surface area (TPSA) is 96.5 Å². The van der Waals surface area contributed by atoms with Crippen molar-refractivity contribution in [3.63, 3.8) is 0 Å². The molecule has 0 fully saturated rings. The van der Waals surface area contributed by atoms with Crippen LogP contribution in [0.25, 0.3) is 6.08 Å². The van der Waals surface area contributed by atoms with Gasteiger partial charge in [0.05, 0.1) is 12.4 Å². The number of carbonyl (C=O) groups is 3. The van der Waals surface area contributed by atoms with Crippen LogP contribution < -0.4 is 20.7 Å². The van der Waals surface area contributed by atoms with Crippen molar-refractivity contribution in [1.29, 1.82) is 0 Å². The summed E-state index contributed by atoms with van der Waals surface area (Å²) in [5, 5.41) is 8.18. The van der Waals surface area contributed by atoms with Gasteiger partial charge < -0.3 is 20.7 Å². The van der Waals surface area contributed by atoms with Crippen LogP contribution in [0.5, 0.6) is 5.75 Å². The summed E-state index contributed by atoms with van der Waals surface area (Å²) in [6, 6.07) is 31.0. The highest BCUT2D eigenvalue weighted by Crippen LogP contribution is 2.27. The second-order valence-electron chi connectivity index (χ2n) is 10.2. The lowest BCUT2D eigenvalue weighted by atomic mass is 10.0. The van der Waals surface area contributed by atoms with Gasteiger partial charge in [-0.3, -0.25) is 14.4 Å². The zero-order chi connectivity index (χ0) is 30.8. The van der Waals surface area contributed by atoms with Crippen LogP contribution in [0.15, 0.2) is 114 Å². The van der Waals surface area contributed by atoms with Crippen molar-refractivity contribution in [2.45, 2.75) is 36.8 Å². The molecule has 0 spiro atoms. The van der Waals surface area contributed by atoms with Crippen molar-refractivity contribution in [3.8, 4) is 5.75 Å². The molecule has 4 aromatic carbocycles. The molecule has 0 bridgehead atoms. The quantitative estimate of drug-likeness (QED) is 0.125. The van der Waals surface area contributed by atoms with E-state index in [1.54, 1.807) is 73.8 Å². The minimum absolute atomic E-state index is 0.108. The van der Waals surface area contributed by atoms with Crippen LogP contribution >= 0.6 is 11.8 Å². The number of thioether (sulfide) groups is 1. The van der Waals surface area contributed by atoms with E-state index >= 15 is 0 Å². The first-order valence-electron chi connectivity index (χ1n) is 13.9. The molecule has 0 aromatic heterocycles. The molecule has 220 valence electrons. The summed E-state index contributed by atoms with van der Waals surface area (Å²) in [5.74, 6) is 0.0781. The Hall–Kier alpha value is -4.82. The van der Waals surface area contributed by atoms with Gasteiger partial charge in [-0.25, -0.2) is 0 Å². The van der Waals surface area contributed by atoms with Gasteiger partial charge in [-0.15, -0.1) is 11.8 Å². The van der Waals surface area contributed by atoms with Gasteiger partial charge in [0.1, 0.15) is 11.4 Å². The molecule has 0 heterocycles. The number of hydrogen-bond donors (Lipinski definition) is 3. The molecule has 0 saturated carbocycles. The largest absolute Gasteiger partial charge is 0.497 e. The molecule has 1 unspecified atom stereocenters. The van der Waals surface area contributed by atoms with Gasteiger partial charge in [0.2, 0.25) is 5.91 Å². The van der Waals surface area contributed by atoms with Crippen molar-refractivity contribution in [3.05, 3.63) is 126 Å². The monoisotopic (exact) mass is 593 g/mol. The maximum absolute atomic E-state index is 13.5. The third-order valence-corrected chi connectivity index (χ3v) is 7.67. The Bertz CT molecular complexity index is 1580. The number of methoxy groups -OCH3 is 1. The SMILES string of the molecule is COc1ccc(NC(=O)C(C)Sc2cccc(NC(=O)/C(=C\c3ccc(C(C)C)cc3)NC(=O)c3ccccc3)c2)cc1. The van der Waals surface area contributed by atoms with Gasteiger partial charge in [-0.05, 0) is 84.6 Å². The summed E-state index contributed by atoms with van der Waals surface area (Å²) in [6.07, 6.45) is 1.66. The minimum atomic E-state index is -0.468. The zero-order valence-electron chi connectivity index (χ0n) is 24.6. The number of carbonyl (C=O) groups excluding carboxylic acids is 3. The van der Waals surface area contributed by atoms with E-state index in [4.69, 9.17) is 4.74 Å². The third kappa shape index (κ3) is 9.08. The van der Waals surface area contributed by atoms with Crippen molar-refractivity contribution in [2.24, 2.45) is 0 Å². The first kappa shape index (κ1) is 31.1. The van der Waals surface area contributed by atoms with E-state index in [1.165, 1.54) is 17.3 Å². The Kier molecular flexibility index (Phi) is 10.8. The van der Waals surface area contributed by atoms with Crippen LogP contribution in [0, 0.1) is 0 Å². The fourth-order valence-electron chi connectivity index (χ4n) is 4.11. The third-order valence-electron chi connectivity index (χ3n) is 6.57. The number of benzene rings is 4. The maximum Gasteiger partial charge on any atom is 0.272 e. The average Bonchev–Trinajstić information content (AvgIpc) is 3.01. The predicted molar refractivity (Wildman–Crippen MR) is 174 cm³/mol. The lowest BCUT2D eigenvalue weighted by molar-refractivity contribution is -0.115. The van der Waals surface area contributed by atoms with E-state index in [2.05, 4.69) is 29.8 Å². The lowest BCUT2D eigenvalue weighted by Crippen LogP contribution is -2.30. The normalized spacial score (nSPS) is 11.9. The molecule has 7 nitrogen and oxygen atoms in total. The molecule has 0 aliphatic carbocycles. The fraction of sp³-hybridized carbons (Fsp3) is 0.171. The van der Waals surface area contributed by atoms with E-state index in [-0.39, 0.29) is 17.5 Å². The first-order valence-corrected chi connectivity index (χ1v) is 14.8. The Balaban J connectivity index is 1.47. The zero-order valence-corrected chi connectivity index (χ0v) is 25.4. The van der Waals surface area contributed by atoms with Crippen LogP contribution in [-0.2, 0) is 9.59 Å². The minimum Gasteiger partial charge on any atom is -0.497 e. The molecule has 0 aliphatic heterocycles. The Morgan fingerprint density at radius 1 is 0.767 bits per heavy atom. The van der Waals surface area contributed by atoms with Gasteiger partial charge in [0.25, 0.3) is 11.8 Å². The molecule has 0 saturated heterocycles. The summed E-state index contributed by atoms with van der Waals surface area (Å²) in [7, 11) is 1.59. The maximum atomic E-state index is 13.5. The predicted octanol–water partition coefficient (Wildman–Crippen LogP) is 7.35. The van der Waals surface area contributed by atoms with E-state index < -0.39 is 11.2 Å². The van der Waals surface area contributed by atoms with Gasteiger partial charge in [-0.1, -0.05) is 62.4 Å². The molecule has 4 aromatic rings. The molecular weight excluding hydrogens is 558 g/mol. The molecule has 3 N–H and O–H groups in total. The molecule has 43 heavy (non-hydrogen) atoms. The second kappa shape index (κ2) is 14.9. The standard InChI is InChI=1S/C35H35N3O4S/c1-23(2)26-15-13-25(14-16-26)21-32(38-34(40)27-9-6-5-7-10-27)35(41)37-29-11-8-12-31(22-29)43-24(3)33(39)36-28-17-19-30(42-4)20-18-28/h5-24H,1-4H3,(H,36,39)(H,37,41)(H,38,40)/b32-21+. The Labute approximate surface area is 256 Å².